The molecule has 64 valence electrons. The maximum absolute atomic E-state index is 10.5. The van der Waals surface area contributed by atoms with E-state index >= 15 is 0 Å². The average Bonchev–Trinajstić information content (AvgIpc) is 2.04. The first-order valence-corrected chi connectivity index (χ1v) is 4.47. The van der Waals surface area contributed by atoms with Crippen LogP contribution in [-0.4, -0.2) is 35.5 Å². The highest BCUT2D eigenvalue weighted by Gasteiger charge is 2.14. The highest BCUT2D eigenvalue weighted by molar-refractivity contribution is 7.98. The van der Waals surface area contributed by atoms with Gasteiger partial charge in [-0.3, -0.25) is 4.79 Å². The van der Waals surface area contributed by atoms with Gasteiger partial charge in [0.25, 0.3) is 0 Å². The molecule has 0 heterocycles. The third-order valence-corrected chi connectivity index (χ3v) is 1.77. The maximum Gasteiger partial charge on any atom is 0.326 e. The summed E-state index contributed by atoms with van der Waals surface area (Å²) in [5, 5.41) is 9.00. The highest BCUT2D eigenvalue weighted by atomic mass is 32.2. The zero-order valence-corrected chi connectivity index (χ0v) is 7.00. The fourth-order valence-electron chi connectivity index (χ4n) is 0.565. The standard InChI is InChI=1S/C6H11NO3S/c1-11-3-2-5(6(9)10)7-4-8/h4-5H,2-3H2,1H3,(H,7,8)(H,9,10)/t5-/m0/s1/i/hT. The lowest BCUT2D eigenvalue weighted by molar-refractivity contribution is -0.140. The van der Waals surface area contributed by atoms with Gasteiger partial charge in [0.1, 0.15) is 6.04 Å². The molecule has 0 spiro atoms. The van der Waals surface area contributed by atoms with Gasteiger partial charge in [0.2, 0.25) is 6.41 Å². The van der Waals surface area contributed by atoms with Crippen LogP contribution in [0, 0.1) is 0 Å². The largest absolute Gasteiger partial charge is 0.480 e. The number of hydrogen-bond donors (Lipinski definition) is 2. The van der Waals surface area contributed by atoms with Crippen molar-refractivity contribution >= 4 is 24.1 Å². The number of nitrogens with one attached hydrogen (secondary N) is 1. The monoisotopic (exact) mass is 179 g/mol. The Balaban J connectivity index is 4.03. The molecule has 0 aromatic carbocycles. The van der Waals surface area contributed by atoms with E-state index in [4.69, 9.17) is 6.52 Å². The summed E-state index contributed by atoms with van der Waals surface area (Å²) in [5.74, 6) is -0.508. The van der Waals surface area contributed by atoms with E-state index in [-0.39, 0.29) is 6.41 Å². The number of carbonyl (C=O) groups excluding carboxylic acids is 1. The molecule has 0 unspecified atom stereocenters. The Hall–Kier alpha value is -0.710. The van der Waals surface area contributed by atoms with Crippen molar-refractivity contribution in [2.45, 2.75) is 12.5 Å². The summed E-state index contributed by atoms with van der Waals surface area (Å²) < 4.78 is 6.96. The Kier molecular flexibility index (Phi) is 4.60. The van der Waals surface area contributed by atoms with Gasteiger partial charge in [-0.2, -0.15) is 11.8 Å². The molecule has 0 aliphatic carbocycles. The summed E-state index contributed by atoms with van der Waals surface area (Å²) >= 11 is 1.49. The minimum absolute atomic E-state index is 0.207. The Morgan fingerprint density at radius 2 is 2.64 bits per heavy atom. The van der Waals surface area contributed by atoms with E-state index in [1.165, 1.54) is 11.8 Å². The van der Waals surface area contributed by atoms with Gasteiger partial charge in [0.15, 0.2) is 1.41 Å². The predicted octanol–water partition coefficient (Wildman–Crippen LogP) is -0.0613. The van der Waals surface area contributed by atoms with E-state index in [9.17, 15) is 9.59 Å². The van der Waals surface area contributed by atoms with E-state index in [1.807, 2.05) is 6.26 Å². The number of aliphatic carboxylic acids is 1. The number of thioether (sulfide) groups is 1. The molecular formula is C6H11NO3S. The van der Waals surface area contributed by atoms with Crippen LogP contribution < -0.4 is 5.31 Å². The van der Waals surface area contributed by atoms with Crippen LogP contribution in [0.1, 0.15) is 6.42 Å². The van der Waals surface area contributed by atoms with Crippen molar-refractivity contribution < 1.29 is 16.1 Å². The van der Waals surface area contributed by atoms with Crippen molar-refractivity contribution in [1.29, 1.82) is 0 Å². The molecule has 1 amide bonds. The minimum Gasteiger partial charge on any atom is -0.480 e. The van der Waals surface area contributed by atoms with Crippen LogP contribution in [0.5, 0.6) is 0 Å². The molecule has 5 heteroatoms. The molecule has 1 atom stereocenters. The van der Waals surface area contributed by atoms with Crippen molar-refractivity contribution in [3.05, 3.63) is 0 Å². The Morgan fingerprint density at radius 1 is 2.00 bits per heavy atom. The fourth-order valence-corrected chi connectivity index (χ4v) is 1.02. The number of rotatable bonds is 6. The predicted molar refractivity (Wildman–Crippen MR) is 43.6 cm³/mol. The summed E-state index contributed by atoms with van der Waals surface area (Å²) in [6.07, 6.45) is 2.35. The van der Waals surface area contributed by atoms with E-state index in [0.29, 0.717) is 17.5 Å². The molecule has 0 saturated heterocycles. The van der Waals surface area contributed by atoms with Crippen molar-refractivity contribution in [1.82, 2.24) is 5.31 Å². The van der Waals surface area contributed by atoms with Crippen molar-refractivity contribution in [2.75, 3.05) is 12.0 Å². The molecule has 0 aromatic heterocycles. The van der Waals surface area contributed by atoms with Gasteiger partial charge >= 0.3 is 5.97 Å². The lowest BCUT2D eigenvalue weighted by Crippen LogP contribution is -2.36. The maximum atomic E-state index is 10.5. The second-order valence-electron chi connectivity index (χ2n) is 1.89. The lowest BCUT2D eigenvalue weighted by atomic mass is 10.2. The number of amides is 1. The minimum atomic E-state index is -1.13. The molecule has 2 N–H and O–H groups in total. The molecule has 0 fully saturated rings. The normalized spacial score (nSPS) is 13.4. The SMILES string of the molecule is [3H]N(C=O)[C@@H](CCSC)C(=O)O. The van der Waals surface area contributed by atoms with E-state index in [2.05, 4.69) is 0 Å². The zero-order chi connectivity index (χ0) is 9.56. The van der Waals surface area contributed by atoms with Crippen molar-refractivity contribution in [3.8, 4) is 0 Å². The summed E-state index contributed by atoms with van der Waals surface area (Å²) in [7, 11) is 0. The van der Waals surface area contributed by atoms with Gasteiger partial charge in [0, 0.05) is 0 Å². The highest BCUT2D eigenvalue weighted by Crippen LogP contribution is 1.99. The van der Waals surface area contributed by atoms with Crippen LogP contribution in [0.15, 0.2) is 0 Å². The number of hydrogen-bond acceptors (Lipinski definition) is 3. The van der Waals surface area contributed by atoms with Crippen LogP contribution >= 0.6 is 11.8 Å². The molecule has 0 radical (unpaired) electrons. The van der Waals surface area contributed by atoms with E-state index in [1.54, 1.807) is 0 Å². The van der Waals surface area contributed by atoms with Crippen LogP contribution in [-0.2, 0) is 9.59 Å². The second-order valence-corrected chi connectivity index (χ2v) is 2.88. The fraction of sp³-hybridized carbons (Fsp3) is 0.667. The topological polar surface area (TPSA) is 66.4 Å². The summed E-state index contributed by atoms with van der Waals surface area (Å²) in [6.45, 7) is 0. The Bertz CT molecular complexity index is 167. The summed E-state index contributed by atoms with van der Waals surface area (Å²) in [6, 6.07) is -1.02. The summed E-state index contributed by atoms with van der Waals surface area (Å²) in [4.78, 5) is 20.6. The second kappa shape index (κ2) is 6.03. The third-order valence-electron chi connectivity index (χ3n) is 1.12. The van der Waals surface area contributed by atoms with E-state index < -0.39 is 12.0 Å². The van der Waals surface area contributed by atoms with Crippen LogP contribution in [0.3, 0.4) is 0 Å². The van der Waals surface area contributed by atoms with Crippen LogP contribution in [0.2, 0.25) is 1.41 Å². The van der Waals surface area contributed by atoms with Gasteiger partial charge in [-0.05, 0) is 18.4 Å². The Morgan fingerprint density at radius 3 is 3.00 bits per heavy atom. The van der Waals surface area contributed by atoms with Crippen molar-refractivity contribution in [3.63, 3.8) is 0 Å². The Labute approximate surface area is 70.8 Å². The first-order chi connectivity index (χ1) is 5.63. The molecule has 0 aromatic rings. The molecule has 0 aliphatic rings. The molecule has 0 rings (SSSR count). The molecule has 0 aliphatic heterocycles. The van der Waals surface area contributed by atoms with Crippen molar-refractivity contribution in [2.24, 2.45) is 0 Å². The quantitative estimate of drug-likeness (QED) is 0.560. The zero-order valence-electron chi connectivity index (χ0n) is 7.19. The first kappa shape index (κ1) is 8.39. The smallest absolute Gasteiger partial charge is 0.326 e. The van der Waals surface area contributed by atoms with Crippen LogP contribution in [0.4, 0.5) is 0 Å². The summed E-state index contributed by atoms with van der Waals surface area (Å²) in [5.41, 5.74) is 0. The van der Waals surface area contributed by atoms with Gasteiger partial charge in [0.05, 0.1) is 0 Å². The number of carboxylic acids is 1. The molecule has 0 bridgehead atoms. The van der Waals surface area contributed by atoms with Gasteiger partial charge < -0.3 is 10.4 Å². The third kappa shape index (κ3) is 4.66. The number of carboxylic acid groups (broad SMARTS) is 1. The molecule has 4 nitrogen and oxygen atoms in total. The molecule has 11 heavy (non-hydrogen) atoms. The lowest BCUT2D eigenvalue weighted by Gasteiger charge is -2.08. The first-order valence-electron chi connectivity index (χ1n) is 3.52. The average molecular weight is 179 g/mol. The van der Waals surface area contributed by atoms with Gasteiger partial charge in [-0.15, -0.1) is 0 Å². The van der Waals surface area contributed by atoms with Gasteiger partial charge in [-0.25, -0.2) is 4.79 Å². The molecule has 0 saturated carbocycles. The van der Waals surface area contributed by atoms with Crippen LogP contribution in [0.25, 0.3) is 0 Å². The number of carbonyl (C=O) groups is 2. The van der Waals surface area contributed by atoms with E-state index in [0.717, 1.165) is 0 Å². The van der Waals surface area contributed by atoms with Gasteiger partial charge in [-0.1, -0.05) is 0 Å². The molecular weight excluding hydrogens is 166 g/mol.